The standard InChI is InChI=1S/C13H12.C3H6.2CHNO/c1-3-7-12(8-4-1)11-13-9-5-2-6-10-13;1-3-2;2*2-1-3/h1-10H,11H2;3H,1H2,2H3;2*2H. The number of rotatable bonds is 2. The van der Waals surface area contributed by atoms with E-state index in [9.17, 15) is 0 Å². The number of isocyanates is 2. The predicted molar refractivity (Wildman–Crippen MR) is 88.4 cm³/mol. The SMILES string of the molecule is C=CC.N=C=O.N=C=O.c1ccc(Cc2ccccc2)cc1. The zero-order valence-corrected chi connectivity index (χ0v) is 12.6. The van der Waals surface area contributed by atoms with E-state index in [1.165, 1.54) is 11.1 Å². The van der Waals surface area contributed by atoms with Gasteiger partial charge in [0, 0.05) is 0 Å². The van der Waals surface area contributed by atoms with Gasteiger partial charge in [-0.3, -0.25) is 0 Å². The maximum Gasteiger partial charge on any atom is 0.231 e. The van der Waals surface area contributed by atoms with E-state index in [-0.39, 0.29) is 0 Å². The van der Waals surface area contributed by atoms with E-state index in [2.05, 4.69) is 67.2 Å². The maximum absolute atomic E-state index is 8.35. The fourth-order valence-corrected chi connectivity index (χ4v) is 1.43. The molecule has 4 heteroatoms. The van der Waals surface area contributed by atoms with Crippen molar-refractivity contribution in [1.82, 2.24) is 0 Å². The van der Waals surface area contributed by atoms with Crippen LogP contribution >= 0.6 is 0 Å². The first-order valence-electron chi connectivity index (χ1n) is 6.42. The van der Waals surface area contributed by atoms with Gasteiger partial charge in [-0.1, -0.05) is 66.7 Å². The van der Waals surface area contributed by atoms with Crippen LogP contribution in [0.5, 0.6) is 0 Å². The van der Waals surface area contributed by atoms with Crippen LogP contribution in [0.2, 0.25) is 0 Å². The molecule has 0 bridgehead atoms. The highest BCUT2D eigenvalue weighted by atomic mass is 16.1. The van der Waals surface area contributed by atoms with Crippen molar-refractivity contribution in [3.05, 3.63) is 84.4 Å². The number of allylic oxidation sites excluding steroid dienone is 1. The summed E-state index contributed by atoms with van der Waals surface area (Å²) in [6.45, 7) is 5.25. The molecule has 4 nitrogen and oxygen atoms in total. The lowest BCUT2D eigenvalue weighted by molar-refractivity contribution is 0.562. The van der Waals surface area contributed by atoms with Gasteiger partial charge in [-0.25, -0.2) is 20.4 Å². The van der Waals surface area contributed by atoms with Crippen molar-refractivity contribution in [3.8, 4) is 0 Å². The Labute approximate surface area is 131 Å². The maximum atomic E-state index is 8.35. The Bertz CT molecular complexity index is 505. The van der Waals surface area contributed by atoms with E-state index < -0.39 is 0 Å². The molecule has 0 radical (unpaired) electrons. The van der Waals surface area contributed by atoms with Crippen LogP contribution in [0.25, 0.3) is 0 Å². The molecule has 22 heavy (non-hydrogen) atoms. The largest absolute Gasteiger partial charge is 0.231 e. The molecule has 2 aromatic rings. The first-order valence-corrected chi connectivity index (χ1v) is 6.42. The molecule has 0 saturated heterocycles. The van der Waals surface area contributed by atoms with E-state index in [1.54, 1.807) is 6.08 Å². The molecule has 114 valence electrons. The van der Waals surface area contributed by atoms with E-state index in [0.717, 1.165) is 18.6 Å². The summed E-state index contributed by atoms with van der Waals surface area (Å²) < 4.78 is 0. The number of carbonyl (C=O) groups excluding carboxylic acids is 2. The number of nitrogens with one attached hydrogen (secondary N) is 2. The second-order valence-electron chi connectivity index (χ2n) is 3.76. The van der Waals surface area contributed by atoms with E-state index >= 15 is 0 Å². The number of hydrogen-bond donors (Lipinski definition) is 2. The monoisotopic (exact) mass is 296 g/mol. The van der Waals surface area contributed by atoms with Gasteiger partial charge in [0.2, 0.25) is 12.2 Å². The van der Waals surface area contributed by atoms with Crippen molar-refractivity contribution in [2.45, 2.75) is 13.3 Å². The number of hydrogen-bond acceptors (Lipinski definition) is 4. The van der Waals surface area contributed by atoms with Crippen molar-refractivity contribution in [2.75, 3.05) is 0 Å². The molecule has 0 fully saturated rings. The van der Waals surface area contributed by atoms with Crippen LogP contribution < -0.4 is 0 Å². The third-order valence-corrected chi connectivity index (χ3v) is 2.09. The Morgan fingerprint density at radius 2 is 1.09 bits per heavy atom. The van der Waals surface area contributed by atoms with Crippen LogP contribution in [0, 0.1) is 10.8 Å². The van der Waals surface area contributed by atoms with E-state index in [4.69, 9.17) is 20.4 Å². The minimum absolute atomic E-state index is 0.750. The second kappa shape index (κ2) is 17.9. The zero-order chi connectivity index (χ0) is 17.1. The first kappa shape index (κ1) is 21.2. The summed E-state index contributed by atoms with van der Waals surface area (Å²) in [6, 6.07) is 21.1. The summed E-state index contributed by atoms with van der Waals surface area (Å²) in [5.74, 6) is 0. The van der Waals surface area contributed by atoms with Gasteiger partial charge in [0.25, 0.3) is 0 Å². The Morgan fingerprint density at radius 3 is 1.32 bits per heavy atom. The molecular weight excluding hydrogens is 276 g/mol. The third-order valence-electron chi connectivity index (χ3n) is 2.09. The van der Waals surface area contributed by atoms with Gasteiger partial charge >= 0.3 is 0 Å². The third kappa shape index (κ3) is 15.0. The first-order chi connectivity index (χ1) is 10.7. The molecule has 0 aliphatic rings. The summed E-state index contributed by atoms with van der Waals surface area (Å²) in [5, 5.41) is 10.8. The molecule has 0 atom stereocenters. The van der Waals surface area contributed by atoms with Crippen LogP contribution in [0.1, 0.15) is 18.1 Å². The van der Waals surface area contributed by atoms with Crippen molar-refractivity contribution in [2.24, 2.45) is 0 Å². The summed E-state index contributed by atoms with van der Waals surface area (Å²) in [7, 11) is 0. The fourth-order valence-electron chi connectivity index (χ4n) is 1.43. The molecule has 0 unspecified atom stereocenters. The van der Waals surface area contributed by atoms with Crippen LogP contribution in [0.15, 0.2) is 73.3 Å². The number of benzene rings is 2. The topological polar surface area (TPSA) is 81.8 Å². The lowest BCUT2D eigenvalue weighted by Crippen LogP contribution is -1.85. The summed E-state index contributed by atoms with van der Waals surface area (Å²) in [6.07, 6.45) is 4.28. The second-order valence-corrected chi connectivity index (χ2v) is 3.76. The van der Waals surface area contributed by atoms with Crippen LogP contribution in [0.4, 0.5) is 0 Å². The van der Waals surface area contributed by atoms with Crippen molar-refractivity contribution < 1.29 is 9.59 Å². The van der Waals surface area contributed by atoms with Crippen molar-refractivity contribution >= 4 is 12.2 Å². The van der Waals surface area contributed by atoms with Gasteiger partial charge in [-0.15, -0.1) is 6.58 Å². The minimum Gasteiger partial charge on any atom is -0.222 e. The molecule has 0 amide bonds. The Morgan fingerprint density at radius 1 is 0.864 bits per heavy atom. The molecule has 0 aliphatic heterocycles. The van der Waals surface area contributed by atoms with Gasteiger partial charge in [0.1, 0.15) is 0 Å². The smallest absolute Gasteiger partial charge is 0.222 e. The Kier molecular flexibility index (Phi) is 17.3. The summed E-state index contributed by atoms with van der Waals surface area (Å²) in [4.78, 5) is 16.7. The minimum atomic E-state index is 0.750. The van der Waals surface area contributed by atoms with Crippen LogP contribution in [0.3, 0.4) is 0 Å². The predicted octanol–water partition coefficient (Wildman–Crippen LogP) is 4.27. The summed E-state index contributed by atoms with van der Waals surface area (Å²) in [5.41, 5.74) is 2.74. The van der Waals surface area contributed by atoms with Crippen LogP contribution in [-0.2, 0) is 16.0 Å². The normalized spacial score (nSPS) is 7.14. The molecule has 2 rings (SSSR count). The van der Waals surface area contributed by atoms with Gasteiger partial charge in [0.05, 0.1) is 0 Å². The molecule has 0 saturated carbocycles. The average molecular weight is 296 g/mol. The molecule has 2 N–H and O–H groups in total. The van der Waals surface area contributed by atoms with Gasteiger partial charge in [0.15, 0.2) is 0 Å². The molecule has 0 heterocycles. The highest BCUT2D eigenvalue weighted by Gasteiger charge is 1.92. The lowest BCUT2D eigenvalue weighted by atomic mass is 10.1. The molecule has 0 aliphatic carbocycles. The summed E-state index contributed by atoms with van der Waals surface area (Å²) >= 11 is 0. The van der Waals surface area contributed by atoms with Gasteiger partial charge in [-0.05, 0) is 24.5 Å². The Balaban J connectivity index is 0. The molecule has 0 spiro atoms. The van der Waals surface area contributed by atoms with Gasteiger partial charge < -0.3 is 0 Å². The fraction of sp³-hybridized carbons (Fsp3) is 0.111. The Hall–Kier alpha value is -3.06. The van der Waals surface area contributed by atoms with E-state index in [0.29, 0.717) is 0 Å². The average Bonchev–Trinajstić information content (AvgIpc) is 2.52. The van der Waals surface area contributed by atoms with Crippen molar-refractivity contribution in [3.63, 3.8) is 0 Å². The van der Waals surface area contributed by atoms with Crippen molar-refractivity contribution in [1.29, 1.82) is 10.8 Å². The lowest BCUT2D eigenvalue weighted by Gasteiger charge is -2.00. The van der Waals surface area contributed by atoms with Crippen LogP contribution in [-0.4, -0.2) is 12.2 Å². The van der Waals surface area contributed by atoms with Gasteiger partial charge in [-0.2, -0.15) is 0 Å². The quantitative estimate of drug-likeness (QED) is 0.493. The molecular formula is C18H20N2O2. The molecule has 0 aromatic heterocycles. The van der Waals surface area contributed by atoms with E-state index in [1.807, 2.05) is 6.92 Å². The zero-order valence-electron chi connectivity index (χ0n) is 12.6. The molecule has 2 aromatic carbocycles. The highest BCUT2D eigenvalue weighted by molar-refractivity contribution is 5.26. The highest BCUT2D eigenvalue weighted by Crippen LogP contribution is 2.07.